The molecule has 1 aromatic rings. The summed E-state index contributed by atoms with van der Waals surface area (Å²) in [5.74, 6) is -1.35. The van der Waals surface area contributed by atoms with Gasteiger partial charge in [-0.2, -0.15) is 0 Å². The predicted octanol–water partition coefficient (Wildman–Crippen LogP) is 2.91. The van der Waals surface area contributed by atoms with Crippen molar-refractivity contribution in [3.8, 4) is 5.75 Å². The van der Waals surface area contributed by atoms with Crippen molar-refractivity contribution in [2.75, 3.05) is 6.61 Å². The van der Waals surface area contributed by atoms with E-state index in [-0.39, 0.29) is 18.1 Å². The third kappa shape index (κ3) is 6.06. The number of carbonyl (C=O) groups excluding carboxylic acids is 1. The fourth-order valence-electron chi connectivity index (χ4n) is 1.51. The highest BCUT2D eigenvalue weighted by atomic mass is 35.5. The Bertz CT molecular complexity index is 534. The van der Waals surface area contributed by atoms with Crippen molar-refractivity contribution in [1.29, 1.82) is 0 Å². The minimum absolute atomic E-state index is 0.270. The third-order valence-electron chi connectivity index (χ3n) is 2.55. The van der Waals surface area contributed by atoms with Crippen LogP contribution in [0.15, 0.2) is 30.9 Å². The molecule has 1 amide bonds. The molecule has 1 atom stereocenters. The van der Waals surface area contributed by atoms with E-state index in [9.17, 15) is 9.59 Å². The van der Waals surface area contributed by atoms with Crippen molar-refractivity contribution < 1.29 is 19.4 Å². The number of amides is 1. The minimum atomic E-state index is -1.10. The zero-order valence-corrected chi connectivity index (χ0v) is 12.7. The molecule has 7 heteroatoms. The molecule has 0 heterocycles. The number of hydrogen-bond donors (Lipinski definition) is 2. The average molecular weight is 332 g/mol. The Kier molecular flexibility index (Phi) is 7.05. The molecule has 1 rings (SSSR count). The Morgan fingerprint density at radius 2 is 2.14 bits per heavy atom. The molecule has 114 valence electrons. The first kappa shape index (κ1) is 17.3. The molecule has 0 aliphatic rings. The number of carboxylic acid groups (broad SMARTS) is 1. The van der Waals surface area contributed by atoms with Gasteiger partial charge in [-0.25, -0.2) is 4.79 Å². The lowest BCUT2D eigenvalue weighted by Crippen LogP contribution is -2.42. The van der Waals surface area contributed by atoms with Crippen molar-refractivity contribution in [2.45, 2.75) is 18.9 Å². The standard InChI is InChI=1S/C14H15Cl2NO4/c1-2-3-4-11(14(19)20)17-13(18)8-21-12-6-5-9(15)7-10(12)16/h2,5-7,11H,1,3-4,8H2,(H,17,18)(H,19,20). The van der Waals surface area contributed by atoms with Gasteiger partial charge < -0.3 is 15.2 Å². The normalized spacial score (nSPS) is 11.5. The second-order valence-corrected chi connectivity index (χ2v) is 5.03. The maximum Gasteiger partial charge on any atom is 0.326 e. The van der Waals surface area contributed by atoms with Gasteiger partial charge in [-0.05, 0) is 31.0 Å². The van der Waals surface area contributed by atoms with E-state index in [4.69, 9.17) is 33.0 Å². The molecule has 0 bridgehead atoms. The van der Waals surface area contributed by atoms with Crippen LogP contribution in [0.3, 0.4) is 0 Å². The summed E-state index contributed by atoms with van der Waals surface area (Å²) in [5.41, 5.74) is 0. The van der Waals surface area contributed by atoms with E-state index < -0.39 is 17.9 Å². The van der Waals surface area contributed by atoms with Gasteiger partial charge in [0, 0.05) is 5.02 Å². The summed E-state index contributed by atoms with van der Waals surface area (Å²) < 4.78 is 5.22. The van der Waals surface area contributed by atoms with Gasteiger partial charge >= 0.3 is 5.97 Å². The Balaban J connectivity index is 2.52. The summed E-state index contributed by atoms with van der Waals surface area (Å²) in [4.78, 5) is 22.7. The monoisotopic (exact) mass is 331 g/mol. The second kappa shape index (κ2) is 8.54. The molecule has 1 unspecified atom stereocenters. The van der Waals surface area contributed by atoms with Gasteiger partial charge in [0.05, 0.1) is 5.02 Å². The van der Waals surface area contributed by atoms with Crippen LogP contribution in [0.4, 0.5) is 0 Å². The van der Waals surface area contributed by atoms with E-state index in [0.717, 1.165) is 0 Å². The summed E-state index contributed by atoms with van der Waals surface area (Å²) in [6.45, 7) is 3.17. The predicted molar refractivity (Wildman–Crippen MR) is 81.0 cm³/mol. The molecule has 5 nitrogen and oxygen atoms in total. The van der Waals surface area contributed by atoms with Crippen molar-refractivity contribution in [2.24, 2.45) is 0 Å². The number of benzene rings is 1. The number of halogens is 2. The van der Waals surface area contributed by atoms with Crippen molar-refractivity contribution in [3.05, 3.63) is 40.9 Å². The number of carbonyl (C=O) groups is 2. The van der Waals surface area contributed by atoms with Crippen LogP contribution in [0.5, 0.6) is 5.75 Å². The smallest absolute Gasteiger partial charge is 0.326 e. The minimum Gasteiger partial charge on any atom is -0.482 e. The molecule has 0 aliphatic carbocycles. The topological polar surface area (TPSA) is 75.6 Å². The van der Waals surface area contributed by atoms with Crippen molar-refractivity contribution in [3.63, 3.8) is 0 Å². The Morgan fingerprint density at radius 3 is 2.71 bits per heavy atom. The molecular formula is C14H15Cl2NO4. The van der Waals surface area contributed by atoms with E-state index in [0.29, 0.717) is 17.2 Å². The molecular weight excluding hydrogens is 317 g/mol. The summed E-state index contributed by atoms with van der Waals surface area (Å²) in [5, 5.41) is 12.1. The van der Waals surface area contributed by atoms with Crippen LogP contribution in [-0.2, 0) is 9.59 Å². The zero-order valence-electron chi connectivity index (χ0n) is 11.1. The van der Waals surface area contributed by atoms with Gasteiger partial charge in [-0.3, -0.25) is 4.79 Å². The number of nitrogens with one attached hydrogen (secondary N) is 1. The maximum atomic E-state index is 11.7. The molecule has 0 radical (unpaired) electrons. The SMILES string of the molecule is C=CCCC(NC(=O)COc1ccc(Cl)cc1Cl)C(=O)O. The van der Waals surface area contributed by atoms with Crippen LogP contribution >= 0.6 is 23.2 Å². The third-order valence-corrected chi connectivity index (χ3v) is 3.08. The van der Waals surface area contributed by atoms with E-state index in [2.05, 4.69) is 11.9 Å². The molecule has 1 aromatic carbocycles. The molecule has 21 heavy (non-hydrogen) atoms. The molecule has 2 N–H and O–H groups in total. The van der Waals surface area contributed by atoms with E-state index >= 15 is 0 Å². The second-order valence-electron chi connectivity index (χ2n) is 4.19. The maximum absolute atomic E-state index is 11.7. The number of rotatable bonds is 8. The van der Waals surface area contributed by atoms with Crippen LogP contribution in [0, 0.1) is 0 Å². The summed E-state index contributed by atoms with van der Waals surface area (Å²) in [6, 6.07) is 3.62. The Hall–Kier alpha value is -1.72. The summed E-state index contributed by atoms with van der Waals surface area (Å²) in [7, 11) is 0. The lowest BCUT2D eigenvalue weighted by Gasteiger charge is -2.14. The molecule has 0 saturated heterocycles. The van der Waals surface area contributed by atoms with Crippen molar-refractivity contribution >= 4 is 35.1 Å². The average Bonchev–Trinajstić information content (AvgIpc) is 2.42. The van der Waals surface area contributed by atoms with Crippen LogP contribution in [-0.4, -0.2) is 29.6 Å². The molecule has 0 spiro atoms. The highest BCUT2D eigenvalue weighted by molar-refractivity contribution is 6.35. The highest BCUT2D eigenvalue weighted by Gasteiger charge is 2.19. The van der Waals surface area contributed by atoms with Gasteiger partial charge in [-0.1, -0.05) is 29.3 Å². The van der Waals surface area contributed by atoms with Crippen molar-refractivity contribution in [1.82, 2.24) is 5.32 Å². The largest absolute Gasteiger partial charge is 0.482 e. The molecule has 0 saturated carbocycles. The Labute approximate surface area is 132 Å². The quantitative estimate of drug-likeness (QED) is 0.718. The number of allylic oxidation sites excluding steroid dienone is 1. The number of ether oxygens (including phenoxy) is 1. The van der Waals surface area contributed by atoms with Crippen LogP contribution in [0.1, 0.15) is 12.8 Å². The van der Waals surface area contributed by atoms with Gasteiger partial charge in [0.25, 0.3) is 5.91 Å². The molecule has 0 aliphatic heterocycles. The van der Waals surface area contributed by atoms with Gasteiger partial charge in [0.2, 0.25) is 0 Å². The summed E-state index contributed by atoms with van der Waals surface area (Å²) >= 11 is 11.6. The fourth-order valence-corrected chi connectivity index (χ4v) is 1.98. The lowest BCUT2D eigenvalue weighted by molar-refractivity contribution is -0.142. The Morgan fingerprint density at radius 1 is 1.43 bits per heavy atom. The van der Waals surface area contributed by atoms with Gasteiger partial charge in [-0.15, -0.1) is 6.58 Å². The number of carboxylic acids is 1. The number of hydrogen-bond acceptors (Lipinski definition) is 3. The van der Waals surface area contributed by atoms with Crippen LogP contribution in [0.25, 0.3) is 0 Å². The van der Waals surface area contributed by atoms with Gasteiger partial charge in [0.15, 0.2) is 6.61 Å². The van der Waals surface area contributed by atoms with E-state index in [1.165, 1.54) is 12.1 Å². The van der Waals surface area contributed by atoms with E-state index in [1.807, 2.05) is 0 Å². The van der Waals surface area contributed by atoms with Crippen LogP contribution in [0.2, 0.25) is 10.0 Å². The first-order chi connectivity index (χ1) is 9.93. The first-order valence-corrected chi connectivity index (χ1v) is 6.90. The molecule has 0 aromatic heterocycles. The van der Waals surface area contributed by atoms with Crippen LogP contribution < -0.4 is 10.1 Å². The summed E-state index contributed by atoms with van der Waals surface area (Å²) in [6.07, 6.45) is 2.35. The van der Waals surface area contributed by atoms with E-state index in [1.54, 1.807) is 12.1 Å². The first-order valence-electron chi connectivity index (χ1n) is 6.15. The van der Waals surface area contributed by atoms with Gasteiger partial charge in [0.1, 0.15) is 11.8 Å². The number of aliphatic carboxylic acids is 1. The molecule has 0 fully saturated rings. The fraction of sp³-hybridized carbons (Fsp3) is 0.286. The zero-order chi connectivity index (χ0) is 15.8. The highest BCUT2D eigenvalue weighted by Crippen LogP contribution is 2.27. The lowest BCUT2D eigenvalue weighted by atomic mass is 10.1.